The van der Waals surface area contributed by atoms with Crippen LogP contribution in [0.15, 0.2) is 35.6 Å². The fourth-order valence-corrected chi connectivity index (χ4v) is 3.43. The molecule has 1 aromatic rings. The Morgan fingerprint density at radius 2 is 2.13 bits per heavy atom. The molecule has 1 saturated heterocycles. The third-order valence-electron chi connectivity index (χ3n) is 4.56. The maximum absolute atomic E-state index is 13.1. The first-order chi connectivity index (χ1) is 11.1. The Hall–Kier alpha value is -1.88. The molecule has 1 amide bonds. The zero-order chi connectivity index (χ0) is 16.4. The number of allylic oxidation sites excluding steroid dienone is 1. The van der Waals surface area contributed by atoms with Crippen LogP contribution in [0.5, 0.6) is 0 Å². The number of halogens is 1. The molecule has 2 heterocycles. The van der Waals surface area contributed by atoms with Gasteiger partial charge in [-0.15, -0.1) is 0 Å². The van der Waals surface area contributed by atoms with E-state index in [1.165, 1.54) is 12.1 Å². The molecule has 1 aromatic carbocycles. The molecule has 0 spiro atoms. The van der Waals surface area contributed by atoms with Gasteiger partial charge in [0.2, 0.25) is 0 Å². The smallest absolute Gasteiger partial charge is 0.253 e. The number of carbonyl (C=O) groups is 1. The van der Waals surface area contributed by atoms with Gasteiger partial charge in [-0.2, -0.15) is 0 Å². The first-order valence-electron chi connectivity index (χ1n) is 8.19. The molecule has 2 atom stereocenters. The van der Waals surface area contributed by atoms with Gasteiger partial charge >= 0.3 is 0 Å². The summed E-state index contributed by atoms with van der Waals surface area (Å²) in [5.74, 6) is 0.398. The largest absolute Gasteiger partial charge is 0.497 e. The van der Waals surface area contributed by atoms with Crippen molar-refractivity contribution in [2.24, 2.45) is 0 Å². The number of rotatable bonds is 3. The standard InChI is InChI=1S/C18H22FNO3/c1-2-17-15(4-3-9-23-17)18(22)20-11-14(21)10-16(20)12-5-7-13(19)8-6-12/h5-8,14,16,21H,2-4,9-11H2,1H3. The Bertz CT molecular complexity index is 611. The number of benzene rings is 1. The number of aliphatic hydroxyl groups excluding tert-OH is 1. The second kappa shape index (κ2) is 6.71. The third-order valence-corrected chi connectivity index (χ3v) is 4.56. The predicted octanol–water partition coefficient (Wildman–Crippen LogP) is 2.93. The number of likely N-dealkylation sites (tertiary alicyclic amines) is 1. The third kappa shape index (κ3) is 3.24. The SMILES string of the molecule is CCC1=C(C(=O)N2CC(O)CC2c2ccc(F)cc2)CCCO1. The fourth-order valence-electron chi connectivity index (χ4n) is 3.43. The number of aliphatic hydroxyl groups is 1. The minimum Gasteiger partial charge on any atom is -0.497 e. The van der Waals surface area contributed by atoms with Crippen LogP contribution in [-0.2, 0) is 9.53 Å². The highest BCUT2D eigenvalue weighted by molar-refractivity contribution is 5.94. The van der Waals surface area contributed by atoms with Gasteiger partial charge in [0, 0.05) is 13.0 Å². The van der Waals surface area contributed by atoms with Gasteiger partial charge in [0.25, 0.3) is 5.91 Å². The van der Waals surface area contributed by atoms with E-state index in [0.717, 1.165) is 23.3 Å². The van der Waals surface area contributed by atoms with Crippen molar-refractivity contribution in [2.45, 2.75) is 44.8 Å². The zero-order valence-corrected chi connectivity index (χ0v) is 13.3. The molecule has 0 radical (unpaired) electrons. The van der Waals surface area contributed by atoms with Crippen molar-refractivity contribution in [2.75, 3.05) is 13.2 Å². The summed E-state index contributed by atoms with van der Waals surface area (Å²) in [7, 11) is 0. The highest BCUT2D eigenvalue weighted by atomic mass is 19.1. The molecule has 2 aliphatic heterocycles. The molecule has 0 aromatic heterocycles. The Morgan fingerprint density at radius 1 is 1.39 bits per heavy atom. The predicted molar refractivity (Wildman–Crippen MR) is 84.0 cm³/mol. The van der Waals surface area contributed by atoms with Crippen LogP contribution in [0.4, 0.5) is 4.39 Å². The van der Waals surface area contributed by atoms with Gasteiger partial charge in [0.05, 0.1) is 24.3 Å². The topological polar surface area (TPSA) is 49.8 Å². The van der Waals surface area contributed by atoms with Crippen molar-refractivity contribution >= 4 is 5.91 Å². The number of hydrogen-bond donors (Lipinski definition) is 1. The van der Waals surface area contributed by atoms with E-state index in [4.69, 9.17) is 4.74 Å². The highest BCUT2D eigenvalue weighted by Crippen LogP contribution is 2.35. The lowest BCUT2D eigenvalue weighted by Crippen LogP contribution is -2.34. The number of nitrogens with zero attached hydrogens (tertiary/aromatic N) is 1. The summed E-state index contributed by atoms with van der Waals surface area (Å²) in [6.45, 7) is 2.94. The Balaban J connectivity index is 1.88. The maximum Gasteiger partial charge on any atom is 0.253 e. The molecule has 0 saturated carbocycles. The number of hydrogen-bond acceptors (Lipinski definition) is 3. The van der Waals surface area contributed by atoms with Gasteiger partial charge in [-0.3, -0.25) is 4.79 Å². The Labute approximate surface area is 135 Å². The quantitative estimate of drug-likeness (QED) is 0.932. The lowest BCUT2D eigenvalue weighted by molar-refractivity contribution is -0.129. The zero-order valence-electron chi connectivity index (χ0n) is 13.3. The summed E-state index contributed by atoms with van der Waals surface area (Å²) in [5, 5.41) is 10.0. The van der Waals surface area contributed by atoms with Gasteiger partial charge in [-0.25, -0.2) is 4.39 Å². The number of β-amino-alcohol motifs (C(OH)–C–C–N with tert-alkyl or cyclic N) is 1. The molecule has 3 rings (SSSR count). The second-order valence-electron chi connectivity index (χ2n) is 6.12. The van der Waals surface area contributed by atoms with Crippen molar-refractivity contribution in [1.82, 2.24) is 4.90 Å². The summed E-state index contributed by atoms with van der Waals surface area (Å²) in [6, 6.07) is 5.94. The van der Waals surface area contributed by atoms with Crippen molar-refractivity contribution < 1.29 is 19.0 Å². The van der Waals surface area contributed by atoms with Crippen LogP contribution in [0.2, 0.25) is 0 Å². The van der Waals surface area contributed by atoms with E-state index in [0.29, 0.717) is 32.4 Å². The van der Waals surface area contributed by atoms with E-state index < -0.39 is 6.10 Å². The summed E-state index contributed by atoms with van der Waals surface area (Å²) in [6.07, 6.45) is 2.17. The van der Waals surface area contributed by atoms with Crippen LogP contribution >= 0.6 is 0 Å². The minimum atomic E-state index is -0.552. The molecular formula is C18H22FNO3. The van der Waals surface area contributed by atoms with Crippen molar-refractivity contribution in [3.63, 3.8) is 0 Å². The minimum absolute atomic E-state index is 0.0626. The van der Waals surface area contributed by atoms with Crippen LogP contribution in [0.3, 0.4) is 0 Å². The molecule has 5 heteroatoms. The molecule has 1 fully saturated rings. The van der Waals surface area contributed by atoms with E-state index in [1.807, 2.05) is 6.92 Å². The molecule has 4 nitrogen and oxygen atoms in total. The van der Waals surface area contributed by atoms with Gasteiger partial charge in [0.15, 0.2) is 0 Å². The summed E-state index contributed by atoms with van der Waals surface area (Å²) in [4.78, 5) is 14.7. The first kappa shape index (κ1) is 16.0. The van der Waals surface area contributed by atoms with Gasteiger partial charge < -0.3 is 14.7 Å². The highest BCUT2D eigenvalue weighted by Gasteiger charge is 2.37. The number of carbonyl (C=O) groups excluding carboxylic acids is 1. The Kier molecular flexibility index (Phi) is 4.66. The van der Waals surface area contributed by atoms with E-state index in [1.54, 1.807) is 17.0 Å². The summed E-state index contributed by atoms with van der Waals surface area (Å²) >= 11 is 0. The van der Waals surface area contributed by atoms with Crippen molar-refractivity contribution in [1.29, 1.82) is 0 Å². The Morgan fingerprint density at radius 3 is 2.83 bits per heavy atom. The van der Waals surface area contributed by atoms with Gasteiger partial charge in [0.1, 0.15) is 11.6 Å². The molecule has 0 bridgehead atoms. The van der Waals surface area contributed by atoms with Crippen molar-refractivity contribution in [3.05, 3.63) is 47.0 Å². The number of ether oxygens (including phenoxy) is 1. The lowest BCUT2D eigenvalue weighted by atomic mass is 10.0. The van der Waals surface area contributed by atoms with Gasteiger partial charge in [-0.05, 0) is 37.0 Å². The van der Waals surface area contributed by atoms with Crippen LogP contribution in [-0.4, -0.2) is 35.2 Å². The van der Waals surface area contributed by atoms with Gasteiger partial charge in [-0.1, -0.05) is 19.1 Å². The second-order valence-corrected chi connectivity index (χ2v) is 6.12. The molecular weight excluding hydrogens is 297 g/mol. The average molecular weight is 319 g/mol. The summed E-state index contributed by atoms with van der Waals surface area (Å²) in [5.41, 5.74) is 1.58. The van der Waals surface area contributed by atoms with Crippen LogP contribution in [0.25, 0.3) is 0 Å². The lowest BCUT2D eigenvalue weighted by Gasteiger charge is -2.28. The van der Waals surface area contributed by atoms with E-state index in [-0.39, 0.29) is 17.8 Å². The molecule has 0 aliphatic carbocycles. The molecule has 23 heavy (non-hydrogen) atoms. The summed E-state index contributed by atoms with van der Waals surface area (Å²) < 4.78 is 18.8. The van der Waals surface area contributed by atoms with E-state index in [9.17, 15) is 14.3 Å². The fraction of sp³-hybridized carbons (Fsp3) is 0.500. The number of amides is 1. The molecule has 124 valence electrons. The van der Waals surface area contributed by atoms with Crippen LogP contribution in [0.1, 0.15) is 44.2 Å². The molecule has 2 unspecified atom stereocenters. The molecule has 2 aliphatic rings. The monoisotopic (exact) mass is 319 g/mol. The van der Waals surface area contributed by atoms with E-state index >= 15 is 0 Å². The first-order valence-corrected chi connectivity index (χ1v) is 8.19. The normalized spacial score (nSPS) is 24.7. The average Bonchev–Trinajstić information content (AvgIpc) is 2.96. The van der Waals surface area contributed by atoms with Crippen LogP contribution < -0.4 is 0 Å². The van der Waals surface area contributed by atoms with Crippen LogP contribution in [0, 0.1) is 5.82 Å². The molecule has 1 N–H and O–H groups in total. The van der Waals surface area contributed by atoms with Crippen molar-refractivity contribution in [3.8, 4) is 0 Å². The maximum atomic E-state index is 13.1. The van der Waals surface area contributed by atoms with E-state index in [2.05, 4.69) is 0 Å².